The molecule has 1 saturated carbocycles. The van der Waals surface area contributed by atoms with Crippen LogP contribution in [0.4, 0.5) is 15.8 Å². The number of carbonyl (C=O) groups excluding carboxylic acids is 2. The van der Waals surface area contributed by atoms with Gasteiger partial charge in [0.1, 0.15) is 5.82 Å². The third-order valence-corrected chi connectivity index (χ3v) is 3.73. The van der Waals surface area contributed by atoms with Crippen molar-refractivity contribution in [2.45, 2.75) is 38.6 Å². The topological polar surface area (TPSA) is 84.2 Å². The lowest BCUT2D eigenvalue weighted by atomic mass is 10.00. The Bertz CT molecular complexity index is 548. The zero-order valence-corrected chi connectivity index (χ0v) is 12.0. The lowest BCUT2D eigenvalue weighted by Gasteiger charge is -2.15. The number of nitrogens with one attached hydrogen (secondary N) is 2. The first-order chi connectivity index (χ1) is 9.95. The highest BCUT2D eigenvalue weighted by Gasteiger charge is 2.26. The molecule has 6 heteroatoms. The third kappa shape index (κ3) is 4.26. The van der Waals surface area contributed by atoms with E-state index in [1.165, 1.54) is 25.1 Å². The zero-order valence-electron chi connectivity index (χ0n) is 12.0. The second kappa shape index (κ2) is 6.67. The van der Waals surface area contributed by atoms with Crippen LogP contribution in [0.1, 0.15) is 32.6 Å². The molecule has 1 aromatic rings. The molecule has 1 aromatic carbocycles. The molecule has 0 radical (unpaired) electrons. The molecule has 2 rings (SSSR count). The Morgan fingerprint density at radius 2 is 2.10 bits per heavy atom. The van der Waals surface area contributed by atoms with E-state index in [-0.39, 0.29) is 29.5 Å². The van der Waals surface area contributed by atoms with E-state index < -0.39 is 5.82 Å². The van der Waals surface area contributed by atoms with Crippen LogP contribution in [0.3, 0.4) is 0 Å². The molecule has 1 fully saturated rings. The first-order valence-corrected chi connectivity index (χ1v) is 7.08. The number of rotatable bonds is 4. The Hall–Kier alpha value is -1.95. The summed E-state index contributed by atoms with van der Waals surface area (Å²) in [5.74, 6) is -0.840. The smallest absolute Gasteiger partial charge is 0.224 e. The number of carbonyl (C=O) groups is 2. The van der Waals surface area contributed by atoms with Gasteiger partial charge in [0.05, 0.1) is 5.69 Å². The molecule has 1 aliphatic carbocycles. The van der Waals surface area contributed by atoms with Gasteiger partial charge in [0.25, 0.3) is 0 Å². The lowest BCUT2D eigenvalue weighted by molar-refractivity contribution is -0.117. The van der Waals surface area contributed by atoms with Gasteiger partial charge in [-0.25, -0.2) is 4.39 Å². The Morgan fingerprint density at radius 3 is 2.71 bits per heavy atom. The Morgan fingerprint density at radius 1 is 1.33 bits per heavy atom. The summed E-state index contributed by atoms with van der Waals surface area (Å²) in [7, 11) is 0. The summed E-state index contributed by atoms with van der Waals surface area (Å²) in [6.45, 7) is 1.30. The fourth-order valence-corrected chi connectivity index (χ4v) is 2.66. The summed E-state index contributed by atoms with van der Waals surface area (Å²) in [4.78, 5) is 23.0. The van der Waals surface area contributed by atoms with Crippen molar-refractivity contribution in [1.82, 2.24) is 0 Å². The summed E-state index contributed by atoms with van der Waals surface area (Å²) < 4.78 is 13.5. The molecule has 2 atom stereocenters. The molecule has 114 valence electrons. The molecule has 21 heavy (non-hydrogen) atoms. The molecule has 1 aliphatic rings. The average molecular weight is 293 g/mol. The average Bonchev–Trinajstić information content (AvgIpc) is 2.78. The fraction of sp³-hybridized carbons (Fsp3) is 0.467. The van der Waals surface area contributed by atoms with Gasteiger partial charge in [-0.3, -0.25) is 9.59 Å². The molecule has 2 amide bonds. The van der Waals surface area contributed by atoms with Crippen LogP contribution in [0, 0.1) is 11.7 Å². The van der Waals surface area contributed by atoms with Gasteiger partial charge in [0.15, 0.2) is 0 Å². The molecule has 0 aliphatic heterocycles. The van der Waals surface area contributed by atoms with E-state index in [0.29, 0.717) is 12.1 Å². The number of hydrogen-bond acceptors (Lipinski definition) is 3. The van der Waals surface area contributed by atoms with Crippen LogP contribution in [0.25, 0.3) is 0 Å². The van der Waals surface area contributed by atoms with Crippen LogP contribution in [-0.4, -0.2) is 17.9 Å². The van der Waals surface area contributed by atoms with Gasteiger partial charge < -0.3 is 16.4 Å². The highest BCUT2D eigenvalue weighted by Crippen LogP contribution is 2.27. The fourth-order valence-electron chi connectivity index (χ4n) is 2.66. The number of hydrogen-bond donors (Lipinski definition) is 3. The molecule has 0 unspecified atom stereocenters. The Labute approximate surface area is 123 Å². The van der Waals surface area contributed by atoms with Gasteiger partial charge in [-0.05, 0) is 37.0 Å². The van der Waals surface area contributed by atoms with Crippen LogP contribution >= 0.6 is 0 Å². The highest BCUT2D eigenvalue weighted by molar-refractivity contribution is 5.93. The standard InChI is InChI=1S/C15H20FN3O2/c1-9(20)18-14-8-11(5-6-12(14)16)19-15(21)7-10-3-2-4-13(10)17/h5-6,8,10,13H,2-4,7,17H2,1H3,(H,18,20)(H,19,21)/t10-,13+/m0/s1. The maximum atomic E-state index is 13.5. The lowest BCUT2D eigenvalue weighted by Crippen LogP contribution is -2.28. The number of benzene rings is 1. The highest BCUT2D eigenvalue weighted by atomic mass is 19.1. The van der Waals surface area contributed by atoms with Crippen molar-refractivity contribution in [3.8, 4) is 0 Å². The minimum atomic E-state index is -0.541. The van der Waals surface area contributed by atoms with E-state index in [0.717, 1.165) is 19.3 Å². The predicted molar refractivity (Wildman–Crippen MR) is 79.3 cm³/mol. The Kier molecular flexibility index (Phi) is 4.90. The van der Waals surface area contributed by atoms with Crippen LogP contribution in [0.2, 0.25) is 0 Å². The molecular weight excluding hydrogens is 273 g/mol. The monoisotopic (exact) mass is 293 g/mol. The van der Waals surface area contributed by atoms with Crippen molar-refractivity contribution in [1.29, 1.82) is 0 Å². The van der Waals surface area contributed by atoms with E-state index in [4.69, 9.17) is 5.73 Å². The molecule has 5 nitrogen and oxygen atoms in total. The molecule has 4 N–H and O–H groups in total. The minimum Gasteiger partial charge on any atom is -0.327 e. The normalized spacial score (nSPS) is 21.1. The minimum absolute atomic E-state index is 0.0536. The number of amides is 2. The zero-order chi connectivity index (χ0) is 15.4. The first kappa shape index (κ1) is 15.4. The maximum Gasteiger partial charge on any atom is 0.224 e. The second-order valence-electron chi connectivity index (χ2n) is 5.48. The maximum absolute atomic E-state index is 13.5. The largest absolute Gasteiger partial charge is 0.327 e. The third-order valence-electron chi connectivity index (χ3n) is 3.73. The molecule has 0 aromatic heterocycles. The van der Waals surface area contributed by atoms with Crippen molar-refractivity contribution >= 4 is 23.2 Å². The molecular formula is C15H20FN3O2. The molecule has 0 bridgehead atoms. The predicted octanol–water partition coefficient (Wildman–Crippen LogP) is 2.24. The molecule has 0 spiro atoms. The van der Waals surface area contributed by atoms with Crippen molar-refractivity contribution in [2.24, 2.45) is 11.7 Å². The van der Waals surface area contributed by atoms with Gasteiger partial charge in [0.2, 0.25) is 11.8 Å². The summed E-state index contributed by atoms with van der Waals surface area (Å²) in [5, 5.41) is 5.10. The Balaban J connectivity index is 1.98. The van der Waals surface area contributed by atoms with Crippen molar-refractivity contribution in [3.05, 3.63) is 24.0 Å². The summed E-state index contributed by atoms with van der Waals surface area (Å²) >= 11 is 0. The molecule has 0 heterocycles. The first-order valence-electron chi connectivity index (χ1n) is 7.08. The van der Waals surface area contributed by atoms with E-state index in [9.17, 15) is 14.0 Å². The van der Waals surface area contributed by atoms with Crippen LogP contribution in [0.5, 0.6) is 0 Å². The van der Waals surface area contributed by atoms with Crippen LogP contribution in [0.15, 0.2) is 18.2 Å². The van der Waals surface area contributed by atoms with Gasteiger partial charge in [-0.1, -0.05) is 6.42 Å². The summed E-state index contributed by atoms with van der Waals surface area (Å²) in [6, 6.07) is 4.16. The van der Waals surface area contributed by atoms with Crippen LogP contribution < -0.4 is 16.4 Å². The summed E-state index contributed by atoms with van der Waals surface area (Å²) in [6.07, 6.45) is 3.35. The van der Waals surface area contributed by atoms with Crippen molar-refractivity contribution in [3.63, 3.8) is 0 Å². The van der Waals surface area contributed by atoms with E-state index in [1.807, 2.05) is 0 Å². The SMILES string of the molecule is CC(=O)Nc1cc(NC(=O)C[C@@H]2CCC[C@H]2N)ccc1F. The van der Waals surface area contributed by atoms with Gasteiger partial charge >= 0.3 is 0 Å². The van der Waals surface area contributed by atoms with Crippen molar-refractivity contribution < 1.29 is 14.0 Å². The second-order valence-corrected chi connectivity index (χ2v) is 5.48. The van der Waals surface area contributed by atoms with Crippen LogP contribution in [-0.2, 0) is 9.59 Å². The number of halogens is 1. The number of nitrogens with two attached hydrogens (primary N) is 1. The molecule has 0 saturated heterocycles. The summed E-state index contributed by atoms with van der Waals surface area (Å²) in [5.41, 5.74) is 6.45. The van der Waals surface area contributed by atoms with Gasteiger partial charge in [-0.15, -0.1) is 0 Å². The van der Waals surface area contributed by atoms with Gasteiger partial charge in [0, 0.05) is 25.1 Å². The van der Waals surface area contributed by atoms with Crippen molar-refractivity contribution in [2.75, 3.05) is 10.6 Å². The van der Waals surface area contributed by atoms with E-state index >= 15 is 0 Å². The van der Waals surface area contributed by atoms with E-state index in [1.54, 1.807) is 0 Å². The van der Waals surface area contributed by atoms with Gasteiger partial charge in [-0.2, -0.15) is 0 Å². The number of anilines is 2. The van der Waals surface area contributed by atoms with E-state index in [2.05, 4.69) is 10.6 Å². The quantitative estimate of drug-likeness (QED) is 0.796.